The standard InChI is InChI=1S/C12H16N4OS/c1-7-5-8(2)16(15-7)6-11(17)14-12-13-9(3)10(4)18-12/h5H,6H2,1-4H3,(H,13,14,17). The number of hydrogen-bond acceptors (Lipinski definition) is 4. The molecule has 2 rings (SSSR count). The van der Waals surface area contributed by atoms with Crippen LogP contribution >= 0.6 is 11.3 Å². The molecule has 0 atom stereocenters. The average molecular weight is 264 g/mol. The lowest BCUT2D eigenvalue weighted by Crippen LogP contribution is -2.20. The van der Waals surface area contributed by atoms with E-state index in [0.29, 0.717) is 5.13 Å². The third-order valence-electron chi connectivity index (χ3n) is 2.67. The van der Waals surface area contributed by atoms with Gasteiger partial charge in [0.1, 0.15) is 6.54 Å². The van der Waals surface area contributed by atoms with Gasteiger partial charge in [0.25, 0.3) is 0 Å². The maximum Gasteiger partial charge on any atom is 0.247 e. The van der Waals surface area contributed by atoms with Gasteiger partial charge in [0.05, 0.1) is 11.4 Å². The number of nitrogens with one attached hydrogen (secondary N) is 1. The summed E-state index contributed by atoms with van der Waals surface area (Å²) >= 11 is 1.49. The van der Waals surface area contributed by atoms with Crippen LogP contribution in [-0.4, -0.2) is 20.7 Å². The summed E-state index contributed by atoms with van der Waals surface area (Å²) < 4.78 is 1.69. The van der Waals surface area contributed by atoms with Gasteiger partial charge >= 0.3 is 0 Å². The van der Waals surface area contributed by atoms with Crippen molar-refractivity contribution in [3.8, 4) is 0 Å². The van der Waals surface area contributed by atoms with Gasteiger partial charge in [-0.05, 0) is 33.8 Å². The van der Waals surface area contributed by atoms with Gasteiger partial charge in [-0.1, -0.05) is 0 Å². The lowest BCUT2D eigenvalue weighted by Gasteiger charge is -2.03. The molecule has 0 saturated carbocycles. The van der Waals surface area contributed by atoms with Crippen LogP contribution in [0.3, 0.4) is 0 Å². The zero-order valence-electron chi connectivity index (χ0n) is 10.9. The van der Waals surface area contributed by atoms with E-state index in [1.165, 1.54) is 11.3 Å². The first-order valence-electron chi connectivity index (χ1n) is 5.70. The molecule has 1 N–H and O–H groups in total. The molecule has 0 aliphatic heterocycles. The molecule has 6 heteroatoms. The maximum absolute atomic E-state index is 11.9. The number of carbonyl (C=O) groups is 1. The SMILES string of the molecule is Cc1cc(C)n(CC(=O)Nc2nc(C)c(C)s2)n1. The number of hydrogen-bond donors (Lipinski definition) is 1. The Hall–Kier alpha value is -1.69. The van der Waals surface area contributed by atoms with Gasteiger partial charge in [-0.3, -0.25) is 9.48 Å². The Bertz CT molecular complexity index is 565. The third kappa shape index (κ3) is 2.76. The molecular formula is C12H16N4OS. The monoisotopic (exact) mass is 264 g/mol. The topological polar surface area (TPSA) is 59.8 Å². The quantitative estimate of drug-likeness (QED) is 0.924. The predicted molar refractivity (Wildman–Crippen MR) is 71.9 cm³/mol. The fraction of sp³-hybridized carbons (Fsp3) is 0.417. The minimum absolute atomic E-state index is 0.102. The van der Waals surface area contributed by atoms with Crippen molar-refractivity contribution in [1.82, 2.24) is 14.8 Å². The number of aromatic nitrogens is 3. The molecule has 0 saturated heterocycles. The Labute approximate surface area is 110 Å². The lowest BCUT2D eigenvalue weighted by molar-refractivity contribution is -0.116. The number of amides is 1. The highest BCUT2D eigenvalue weighted by Crippen LogP contribution is 2.20. The zero-order valence-corrected chi connectivity index (χ0v) is 11.8. The Morgan fingerprint density at radius 1 is 1.39 bits per heavy atom. The second-order valence-electron chi connectivity index (χ2n) is 4.29. The van der Waals surface area contributed by atoms with Crippen LogP contribution in [0.1, 0.15) is 22.0 Å². The van der Waals surface area contributed by atoms with Crippen LogP contribution in [-0.2, 0) is 11.3 Å². The van der Waals surface area contributed by atoms with E-state index in [1.807, 2.05) is 33.8 Å². The summed E-state index contributed by atoms with van der Waals surface area (Å²) in [6.07, 6.45) is 0. The molecule has 0 fully saturated rings. The Balaban J connectivity index is 2.03. The van der Waals surface area contributed by atoms with Gasteiger partial charge < -0.3 is 5.32 Å². The maximum atomic E-state index is 11.9. The summed E-state index contributed by atoms with van der Waals surface area (Å²) in [5.74, 6) is -0.102. The number of thiazole rings is 1. The molecule has 1 amide bonds. The largest absolute Gasteiger partial charge is 0.300 e. The predicted octanol–water partition coefficient (Wildman–Crippen LogP) is 2.21. The van der Waals surface area contributed by atoms with Crippen molar-refractivity contribution in [2.45, 2.75) is 34.2 Å². The molecule has 0 spiro atoms. The number of aryl methyl sites for hydroxylation is 4. The summed E-state index contributed by atoms with van der Waals surface area (Å²) in [4.78, 5) is 17.3. The van der Waals surface area contributed by atoms with Crippen LogP contribution in [0.15, 0.2) is 6.07 Å². The van der Waals surface area contributed by atoms with Crippen molar-refractivity contribution in [2.24, 2.45) is 0 Å². The van der Waals surface area contributed by atoms with Gasteiger partial charge in [0, 0.05) is 10.6 Å². The molecule has 0 bridgehead atoms. The van der Waals surface area contributed by atoms with E-state index in [9.17, 15) is 4.79 Å². The van der Waals surface area contributed by atoms with E-state index >= 15 is 0 Å². The van der Waals surface area contributed by atoms with E-state index in [-0.39, 0.29) is 12.5 Å². The lowest BCUT2D eigenvalue weighted by atomic mass is 10.4. The fourth-order valence-electron chi connectivity index (χ4n) is 1.66. The van der Waals surface area contributed by atoms with Crippen LogP contribution in [0, 0.1) is 27.7 Å². The summed E-state index contributed by atoms with van der Waals surface area (Å²) in [5.41, 5.74) is 2.86. The van der Waals surface area contributed by atoms with Crippen molar-refractivity contribution in [2.75, 3.05) is 5.32 Å². The van der Waals surface area contributed by atoms with E-state index < -0.39 is 0 Å². The molecule has 5 nitrogen and oxygen atoms in total. The van der Waals surface area contributed by atoms with Crippen molar-refractivity contribution >= 4 is 22.4 Å². The van der Waals surface area contributed by atoms with E-state index in [1.54, 1.807) is 4.68 Å². The molecule has 0 aromatic carbocycles. The zero-order chi connectivity index (χ0) is 13.3. The van der Waals surface area contributed by atoms with Gasteiger partial charge in [-0.2, -0.15) is 5.10 Å². The van der Waals surface area contributed by atoms with Gasteiger partial charge in [-0.15, -0.1) is 11.3 Å². The van der Waals surface area contributed by atoms with Crippen LogP contribution in [0.4, 0.5) is 5.13 Å². The van der Waals surface area contributed by atoms with E-state index in [4.69, 9.17) is 0 Å². The van der Waals surface area contributed by atoms with Crippen LogP contribution in [0.2, 0.25) is 0 Å². The highest BCUT2D eigenvalue weighted by molar-refractivity contribution is 7.15. The molecule has 2 aromatic rings. The molecule has 0 aliphatic rings. The smallest absolute Gasteiger partial charge is 0.247 e. The summed E-state index contributed by atoms with van der Waals surface area (Å²) in [6.45, 7) is 7.99. The Kier molecular flexibility index (Phi) is 3.47. The molecule has 2 heterocycles. The van der Waals surface area contributed by atoms with Crippen molar-refractivity contribution in [1.29, 1.82) is 0 Å². The number of nitrogens with zero attached hydrogens (tertiary/aromatic N) is 3. The molecule has 0 radical (unpaired) electrons. The molecule has 96 valence electrons. The van der Waals surface area contributed by atoms with Crippen molar-refractivity contribution in [3.05, 3.63) is 28.0 Å². The second kappa shape index (κ2) is 4.89. The van der Waals surface area contributed by atoms with E-state index in [0.717, 1.165) is 22.0 Å². The molecule has 0 unspecified atom stereocenters. The van der Waals surface area contributed by atoms with Crippen molar-refractivity contribution < 1.29 is 4.79 Å². The van der Waals surface area contributed by atoms with Gasteiger partial charge in [-0.25, -0.2) is 4.98 Å². The number of rotatable bonds is 3. The minimum atomic E-state index is -0.102. The normalized spacial score (nSPS) is 10.7. The third-order valence-corrected chi connectivity index (χ3v) is 3.66. The minimum Gasteiger partial charge on any atom is -0.300 e. The molecule has 2 aromatic heterocycles. The first kappa shape index (κ1) is 12.8. The van der Waals surface area contributed by atoms with Gasteiger partial charge in [0.2, 0.25) is 5.91 Å². The Morgan fingerprint density at radius 2 is 2.11 bits per heavy atom. The summed E-state index contributed by atoms with van der Waals surface area (Å²) in [6, 6.07) is 1.95. The number of carbonyl (C=O) groups excluding carboxylic acids is 1. The molecule has 18 heavy (non-hydrogen) atoms. The first-order valence-corrected chi connectivity index (χ1v) is 6.52. The van der Waals surface area contributed by atoms with Crippen LogP contribution < -0.4 is 5.32 Å². The first-order chi connectivity index (χ1) is 8.45. The highest BCUT2D eigenvalue weighted by atomic mass is 32.1. The number of anilines is 1. The van der Waals surface area contributed by atoms with Crippen LogP contribution in [0.25, 0.3) is 0 Å². The average Bonchev–Trinajstić information content (AvgIpc) is 2.71. The van der Waals surface area contributed by atoms with Gasteiger partial charge in [0.15, 0.2) is 5.13 Å². The Morgan fingerprint density at radius 3 is 2.61 bits per heavy atom. The molecular weight excluding hydrogens is 248 g/mol. The highest BCUT2D eigenvalue weighted by Gasteiger charge is 2.10. The summed E-state index contributed by atoms with van der Waals surface area (Å²) in [5, 5.41) is 7.70. The summed E-state index contributed by atoms with van der Waals surface area (Å²) in [7, 11) is 0. The van der Waals surface area contributed by atoms with Crippen molar-refractivity contribution in [3.63, 3.8) is 0 Å². The van der Waals surface area contributed by atoms with Crippen LogP contribution in [0.5, 0.6) is 0 Å². The van der Waals surface area contributed by atoms with E-state index in [2.05, 4.69) is 15.4 Å². The molecule has 0 aliphatic carbocycles. The second-order valence-corrected chi connectivity index (χ2v) is 5.50. The fourth-order valence-corrected chi connectivity index (χ4v) is 2.49.